The maximum Gasteiger partial charge on any atom is 0.416 e. The number of likely N-dealkylation sites (tertiary alicyclic amines) is 1. The lowest BCUT2D eigenvalue weighted by Gasteiger charge is -2.35. The molecule has 4 aromatic carbocycles. The van der Waals surface area contributed by atoms with Gasteiger partial charge in [0.2, 0.25) is 17.6 Å². The number of Topliss-reactive ketones (excluding diaryl/α,β-unsaturated/α-hetero) is 1. The van der Waals surface area contributed by atoms with Crippen LogP contribution in [0.1, 0.15) is 179 Å². The summed E-state index contributed by atoms with van der Waals surface area (Å²) >= 11 is 1.53. The summed E-state index contributed by atoms with van der Waals surface area (Å²) < 4.78 is 112. The van der Waals surface area contributed by atoms with Gasteiger partial charge in [-0.2, -0.15) is 56.7 Å². The van der Waals surface area contributed by atoms with Crippen molar-refractivity contribution < 1.29 is 54.3 Å². The second-order valence-electron chi connectivity index (χ2n) is 30.3. The van der Waals surface area contributed by atoms with Crippen molar-refractivity contribution >= 4 is 46.4 Å². The topological polar surface area (TPSA) is 277 Å². The second-order valence-corrected chi connectivity index (χ2v) is 31.2. The quantitative estimate of drug-likeness (QED) is 0.0421. The van der Waals surface area contributed by atoms with Crippen LogP contribution >= 0.6 is 11.3 Å². The van der Waals surface area contributed by atoms with Crippen LogP contribution in [-0.2, 0) is 53.5 Å². The monoisotopic (exact) mass is 1700 g/mol. The third-order valence-corrected chi connectivity index (χ3v) is 21.0. The molecule has 15 rings (SSSR count). The summed E-state index contributed by atoms with van der Waals surface area (Å²) in [6.07, 6.45) is 0.462. The van der Waals surface area contributed by atoms with Gasteiger partial charge in [0, 0.05) is 167 Å². The number of alkyl halides is 8. The number of benzene rings is 4. The number of anilines is 2. The van der Waals surface area contributed by atoms with Crippen molar-refractivity contribution in [3.8, 4) is 36.0 Å². The Morgan fingerprint density at radius 2 is 1.05 bits per heavy atom. The minimum Gasteiger partial charge on any atom is -0.361 e. The first kappa shape index (κ1) is 88.8. The summed E-state index contributed by atoms with van der Waals surface area (Å²) in [4.78, 5) is 95.7. The number of amides is 2. The van der Waals surface area contributed by atoms with Crippen LogP contribution in [0.5, 0.6) is 0 Å². The van der Waals surface area contributed by atoms with Crippen LogP contribution in [0.3, 0.4) is 0 Å². The van der Waals surface area contributed by atoms with Gasteiger partial charge in [0.15, 0.2) is 11.6 Å². The van der Waals surface area contributed by atoms with E-state index >= 15 is 0 Å². The maximum atomic E-state index is 13.8. The number of aryl methyl sites for hydroxylation is 8. The molecule has 25 nitrogen and oxygen atoms in total. The number of carbonyl (C=O) groups is 4. The summed E-state index contributed by atoms with van der Waals surface area (Å²) in [5, 5.41) is 23.9. The average Bonchev–Trinajstić information content (AvgIpc) is 1.76. The van der Waals surface area contributed by atoms with E-state index in [1.807, 2.05) is 121 Å². The molecule has 0 bridgehead atoms. The lowest BCUT2D eigenvalue weighted by atomic mass is 9.99. The van der Waals surface area contributed by atoms with Crippen molar-refractivity contribution in [1.82, 2.24) is 93.8 Å². The normalized spacial score (nSPS) is 13.8. The Bertz CT molecular complexity index is 6070. The summed E-state index contributed by atoms with van der Waals surface area (Å²) in [5.41, 5.74) is 10.3. The van der Waals surface area contributed by atoms with Crippen molar-refractivity contribution in [2.75, 3.05) is 50.0 Å². The molecule has 0 aliphatic carbocycles. The second kappa shape index (κ2) is 37.7. The Morgan fingerprint density at radius 1 is 0.537 bits per heavy atom. The van der Waals surface area contributed by atoms with E-state index in [1.54, 1.807) is 63.4 Å². The third kappa shape index (κ3) is 22.8. The molecule has 2 aliphatic rings. The number of hydrogen-bond acceptors (Lipinski definition) is 20. The minimum atomic E-state index is -4.42. The molecule has 2 fully saturated rings. The largest absolute Gasteiger partial charge is 0.416 e. The van der Waals surface area contributed by atoms with E-state index in [1.165, 1.54) is 65.4 Å². The van der Waals surface area contributed by atoms with Gasteiger partial charge in [0.25, 0.3) is 23.8 Å². The molecule has 1 N–H and O–H groups in total. The van der Waals surface area contributed by atoms with Gasteiger partial charge in [-0.15, -0.1) is 17.8 Å². The highest BCUT2D eigenvalue weighted by atomic mass is 32.1. The lowest BCUT2D eigenvalue weighted by molar-refractivity contribution is -0.138. The number of carbonyl (C=O) groups excluding carboxylic acids is 4. The average molecular weight is 1700 g/mol. The summed E-state index contributed by atoms with van der Waals surface area (Å²) in [5.74, 6) is 1.95. The molecule has 0 spiro atoms. The Morgan fingerprint density at radius 3 is 1.55 bits per heavy atom. The molecule has 2 atom stereocenters. The molecule has 34 heteroatoms. The van der Waals surface area contributed by atoms with Crippen molar-refractivity contribution in [3.63, 3.8) is 0 Å². The molecule has 11 heterocycles. The van der Waals surface area contributed by atoms with Crippen LogP contribution in [0.25, 0.3) is 23.7 Å². The van der Waals surface area contributed by atoms with Crippen LogP contribution in [-0.4, -0.2) is 157 Å². The van der Waals surface area contributed by atoms with E-state index in [0.29, 0.717) is 84.9 Å². The van der Waals surface area contributed by atoms with E-state index < -0.39 is 35.2 Å². The molecule has 2 unspecified atom stereocenters. The molecule has 2 saturated heterocycles. The van der Waals surface area contributed by atoms with Crippen LogP contribution < -0.4 is 10.2 Å². The fourth-order valence-corrected chi connectivity index (χ4v) is 14.7. The first-order valence-electron chi connectivity index (χ1n) is 39.3. The van der Waals surface area contributed by atoms with Crippen molar-refractivity contribution in [2.45, 2.75) is 140 Å². The number of nitrogens with zero attached hydrogens (tertiary/aromatic N) is 20. The summed E-state index contributed by atoms with van der Waals surface area (Å²) in [6.45, 7) is 24.4. The van der Waals surface area contributed by atoms with Gasteiger partial charge in [-0.25, -0.2) is 62.4 Å². The third-order valence-electron chi connectivity index (χ3n) is 20.1. The molecule has 636 valence electrons. The fourth-order valence-electron chi connectivity index (χ4n) is 14.1. The maximum absolute atomic E-state index is 13.8. The number of nitrogens with one attached hydrogen (secondary N) is 1. The molecule has 0 radical (unpaired) electrons. The smallest absolute Gasteiger partial charge is 0.361 e. The molecule has 2 aliphatic heterocycles. The van der Waals surface area contributed by atoms with Gasteiger partial charge in [-0.1, -0.05) is 72.7 Å². The molecular formula is C89H89F8N21O4S. The number of piperazine rings is 1. The Hall–Kier alpha value is -13.5. The number of aromatic nitrogens is 17. The Labute approximate surface area is 708 Å². The number of hydrogen-bond donors (Lipinski definition) is 1. The number of rotatable bonds is 20. The summed E-state index contributed by atoms with van der Waals surface area (Å²) in [7, 11) is 1.76. The van der Waals surface area contributed by atoms with Crippen LogP contribution in [0.15, 0.2) is 157 Å². The van der Waals surface area contributed by atoms with Crippen LogP contribution in [0, 0.1) is 73.7 Å². The minimum absolute atomic E-state index is 0.0343. The SMILES string of the molecule is C#Cc1cccc(Cc2cc(N3CCN(C(C)=O)CC3)nc(-n3nc(C)cc3C)n2)c1.CC(=O)c1cc(-n2nc(C)cc2C)nc(Cc2cccc(C(F)(F)F)c2)n1.Cc1cc(C)n(-c2nc(CC3CCN(C)C3=O)cc(C(=O)c3cccc(C(C)(F)F)c3)n2)n1.Cc1cc(C)n(-c2nc(Cc3cccc(C(F)(F)F)c3)cc(NC(C)c3nccs3)n2)n1. The van der Waals surface area contributed by atoms with E-state index in [9.17, 15) is 54.3 Å². The summed E-state index contributed by atoms with van der Waals surface area (Å²) in [6, 6.07) is 38.0. The standard InChI is InChI=1S/C24H25F2N5O2.C24H26N6O.C22H21F3N6S.C19H17F3N4O/c1-14-10-15(2)31(29-14)23-27-19(12-17-8-9-30(4)22(17)33)13-20(28-23)21(32)16-6-5-7-18(11-16)24(3,25)26;1-5-20-7-6-8-21(14-20)15-22-16-23(29-11-9-28(10-12-29)19(4)31)26-24(25-22)30-18(3)13-17(2)27-30;1-13-9-14(2)31(30-13)21-28-18(11-16-5-4-6-17(10-16)22(23,24)25)12-19(29-21)27-15(3)20-26-7-8-32-20;1-11-7-12(2)26(25-11)18-10-16(13(3)27)23-17(24-18)9-14-5-4-6-15(8-14)19(20,21)22/h5-7,10-11,13,17H,8-9,12H2,1-4H3;1,6-8,13-14,16H,9-12,15H2,2-4H3;4-10,12,15H,11H2,1-3H3,(H,27,28,29);4-8,10H,9H2,1-3H3. The van der Waals surface area contributed by atoms with Gasteiger partial charge in [-0.05, 0) is 146 Å². The van der Waals surface area contributed by atoms with E-state index in [2.05, 4.69) is 77.5 Å². The first-order chi connectivity index (χ1) is 58.3. The highest BCUT2D eigenvalue weighted by molar-refractivity contribution is 7.09. The lowest BCUT2D eigenvalue weighted by Crippen LogP contribution is -2.48. The van der Waals surface area contributed by atoms with Gasteiger partial charge >= 0.3 is 12.4 Å². The zero-order chi connectivity index (χ0) is 88.5. The van der Waals surface area contributed by atoms with Gasteiger partial charge in [0.05, 0.1) is 51.3 Å². The predicted octanol–water partition coefficient (Wildman–Crippen LogP) is 15.8. The van der Waals surface area contributed by atoms with Gasteiger partial charge in [0.1, 0.15) is 33.9 Å². The number of terminal acetylenes is 1. The molecule has 0 saturated carbocycles. The van der Waals surface area contributed by atoms with E-state index in [0.717, 1.165) is 117 Å². The molecular weight excluding hydrogens is 1610 g/mol. The Kier molecular flexibility index (Phi) is 27.2. The predicted molar refractivity (Wildman–Crippen MR) is 448 cm³/mol. The van der Waals surface area contributed by atoms with Gasteiger partial charge in [-0.3, -0.25) is 19.2 Å². The van der Waals surface area contributed by atoms with Gasteiger partial charge < -0.3 is 20.0 Å². The first-order valence-corrected chi connectivity index (χ1v) is 40.2. The number of thiazole rings is 1. The van der Waals surface area contributed by atoms with E-state index in [4.69, 9.17) is 16.4 Å². The number of ketones is 2. The fraction of sp³-hybridized carbons (Fsp3) is 0.315. The van der Waals surface area contributed by atoms with Crippen molar-refractivity contribution in [2.24, 2.45) is 5.92 Å². The highest BCUT2D eigenvalue weighted by Crippen LogP contribution is 2.34. The van der Waals surface area contributed by atoms with Crippen molar-refractivity contribution in [1.29, 1.82) is 0 Å². The molecule has 9 aromatic heterocycles. The highest BCUT2D eigenvalue weighted by Gasteiger charge is 2.34. The van der Waals surface area contributed by atoms with Crippen LogP contribution in [0.2, 0.25) is 0 Å². The molecule has 2 amide bonds. The molecule has 123 heavy (non-hydrogen) atoms. The van der Waals surface area contributed by atoms with Crippen molar-refractivity contribution in [3.05, 3.63) is 287 Å². The number of halogens is 8. The molecule has 13 aromatic rings. The zero-order valence-corrected chi connectivity index (χ0v) is 70.6. The van der Waals surface area contributed by atoms with Crippen LogP contribution in [0.4, 0.5) is 46.8 Å². The Balaban J connectivity index is 0.000000150. The zero-order valence-electron chi connectivity index (χ0n) is 69.8. The van der Waals surface area contributed by atoms with E-state index in [-0.39, 0.29) is 76.7 Å².